The van der Waals surface area contributed by atoms with E-state index in [9.17, 15) is 0 Å². The summed E-state index contributed by atoms with van der Waals surface area (Å²) < 4.78 is 5.27. The summed E-state index contributed by atoms with van der Waals surface area (Å²) in [6.07, 6.45) is 2.07. The first kappa shape index (κ1) is 14.5. The lowest BCUT2D eigenvalue weighted by Gasteiger charge is -2.15. The van der Waals surface area contributed by atoms with E-state index in [1.165, 1.54) is 10.6 Å². The first-order valence-corrected chi connectivity index (χ1v) is 8.25. The monoisotopic (exact) mass is 296 g/mol. The van der Waals surface area contributed by atoms with Gasteiger partial charge in [0.25, 0.3) is 0 Å². The van der Waals surface area contributed by atoms with E-state index < -0.39 is 0 Å². The summed E-state index contributed by atoms with van der Waals surface area (Å²) in [6.45, 7) is 5.26. The number of methoxy groups -OCH3 is 1. The zero-order valence-corrected chi connectivity index (χ0v) is 13.2. The molecule has 0 amide bonds. The molecule has 0 spiro atoms. The maximum Gasteiger partial charge on any atom is 0.129 e. The van der Waals surface area contributed by atoms with Gasteiger partial charge in [-0.1, -0.05) is 6.92 Å². The molecule has 5 heteroatoms. The van der Waals surface area contributed by atoms with E-state index in [0.29, 0.717) is 6.04 Å². The average Bonchev–Trinajstić information content (AvgIpc) is 3.03. The molecule has 0 bridgehead atoms. The van der Waals surface area contributed by atoms with Crippen molar-refractivity contribution >= 4 is 22.7 Å². The van der Waals surface area contributed by atoms with Gasteiger partial charge in [-0.15, -0.1) is 22.7 Å². The van der Waals surface area contributed by atoms with Gasteiger partial charge in [-0.25, -0.2) is 4.98 Å². The second-order valence-corrected chi connectivity index (χ2v) is 6.46. The molecule has 0 saturated carbocycles. The fourth-order valence-electron chi connectivity index (χ4n) is 1.93. The number of hydrogen-bond donors (Lipinski definition) is 1. The van der Waals surface area contributed by atoms with Crippen molar-refractivity contribution in [1.82, 2.24) is 10.3 Å². The van der Waals surface area contributed by atoms with Crippen LogP contribution in [0.3, 0.4) is 0 Å². The minimum atomic E-state index is 0.329. The highest BCUT2D eigenvalue weighted by atomic mass is 32.1. The van der Waals surface area contributed by atoms with E-state index >= 15 is 0 Å². The van der Waals surface area contributed by atoms with Crippen molar-refractivity contribution in [2.45, 2.75) is 32.7 Å². The smallest absolute Gasteiger partial charge is 0.129 e. The minimum Gasteiger partial charge on any atom is -0.496 e. The molecule has 1 N–H and O–H groups in total. The van der Waals surface area contributed by atoms with E-state index in [-0.39, 0.29) is 0 Å². The van der Waals surface area contributed by atoms with Crippen LogP contribution < -0.4 is 10.1 Å². The van der Waals surface area contributed by atoms with Gasteiger partial charge in [0.15, 0.2) is 0 Å². The second-order valence-electron chi connectivity index (χ2n) is 4.46. The molecule has 2 heterocycles. The van der Waals surface area contributed by atoms with Gasteiger partial charge in [0.1, 0.15) is 5.75 Å². The second kappa shape index (κ2) is 7.03. The van der Waals surface area contributed by atoms with Crippen LogP contribution in [-0.2, 0) is 6.42 Å². The SMILES string of the molecule is CCCNC(Cc1csc(C)n1)c1cc(OC)cs1. The van der Waals surface area contributed by atoms with Gasteiger partial charge in [-0.2, -0.15) is 0 Å². The first-order valence-electron chi connectivity index (χ1n) is 6.49. The standard InChI is InChI=1S/C14H20N2OS2/c1-4-5-15-13(6-11-8-18-10(2)16-11)14-7-12(17-3)9-19-14/h7-9,13,15H,4-6H2,1-3H3. The zero-order chi connectivity index (χ0) is 13.7. The molecule has 0 saturated heterocycles. The topological polar surface area (TPSA) is 34.2 Å². The number of hydrogen-bond acceptors (Lipinski definition) is 5. The largest absolute Gasteiger partial charge is 0.496 e. The summed E-state index contributed by atoms with van der Waals surface area (Å²) >= 11 is 3.46. The third kappa shape index (κ3) is 4.03. The third-order valence-electron chi connectivity index (χ3n) is 2.90. The van der Waals surface area contributed by atoms with Gasteiger partial charge < -0.3 is 10.1 Å². The number of aromatic nitrogens is 1. The lowest BCUT2D eigenvalue weighted by molar-refractivity contribution is 0.415. The first-order chi connectivity index (χ1) is 9.22. The molecular weight excluding hydrogens is 276 g/mol. The maximum absolute atomic E-state index is 5.27. The number of rotatable bonds is 7. The van der Waals surface area contributed by atoms with Crippen molar-refractivity contribution in [3.8, 4) is 5.75 Å². The van der Waals surface area contributed by atoms with Crippen LogP contribution in [0, 0.1) is 6.92 Å². The number of ether oxygens (including phenoxy) is 1. The fraction of sp³-hybridized carbons (Fsp3) is 0.500. The molecular formula is C14H20N2OS2. The van der Waals surface area contributed by atoms with Crippen LogP contribution in [0.4, 0.5) is 0 Å². The van der Waals surface area contributed by atoms with E-state index in [2.05, 4.69) is 41.0 Å². The van der Waals surface area contributed by atoms with Gasteiger partial charge >= 0.3 is 0 Å². The third-order valence-corrected chi connectivity index (χ3v) is 4.74. The lowest BCUT2D eigenvalue weighted by Crippen LogP contribution is -2.23. The molecule has 0 aliphatic heterocycles. The van der Waals surface area contributed by atoms with Crippen molar-refractivity contribution in [1.29, 1.82) is 0 Å². The summed E-state index contributed by atoms with van der Waals surface area (Å²) in [5, 5.41) is 8.94. The Bertz CT molecular complexity index is 507. The Morgan fingerprint density at radius 2 is 2.21 bits per heavy atom. The van der Waals surface area contributed by atoms with Gasteiger partial charge in [0.05, 0.1) is 17.8 Å². The fourth-order valence-corrected chi connectivity index (χ4v) is 3.48. The average molecular weight is 296 g/mol. The Morgan fingerprint density at radius 1 is 1.37 bits per heavy atom. The van der Waals surface area contributed by atoms with Crippen LogP contribution in [-0.4, -0.2) is 18.6 Å². The molecule has 0 radical (unpaired) electrons. The van der Waals surface area contributed by atoms with E-state index in [1.54, 1.807) is 29.8 Å². The number of aryl methyl sites for hydroxylation is 1. The van der Waals surface area contributed by atoms with Crippen LogP contribution in [0.15, 0.2) is 16.8 Å². The Kier molecular flexibility index (Phi) is 5.36. The molecule has 0 aliphatic rings. The van der Waals surface area contributed by atoms with E-state index in [1.807, 2.05) is 0 Å². The molecule has 0 aliphatic carbocycles. The van der Waals surface area contributed by atoms with Crippen molar-refractivity contribution in [3.05, 3.63) is 32.4 Å². The molecule has 0 fully saturated rings. The molecule has 19 heavy (non-hydrogen) atoms. The molecule has 2 aromatic rings. The molecule has 3 nitrogen and oxygen atoms in total. The van der Waals surface area contributed by atoms with Crippen LogP contribution >= 0.6 is 22.7 Å². The zero-order valence-electron chi connectivity index (χ0n) is 11.6. The van der Waals surface area contributed by atoms with Crippen LogP contribution in [0.25, 0.3) is 0 Å². The molecule has 1 unspecified atom stereocenters. The quantitative estimate of drug-likeness (QED) is 0.843. The summed E-state index contributed by atoms with van der Waals surface area (Å²) in [4.78, 5) is 5.88. The maximum atomic E-state index is 5.27. The number of nitrogens with zero attached hydrogens (tertiary/aromatic N) is 1. The van der Waals surface area contributed by atoms with Gasteiger partial charge in [0.2, 0.25) is 0 Å². The van der Waals surface area contributed by atoms with Gasteiger partial charge in [-0.3, -0.25) is 0 Å². The van der Waals surface area contributed by atoms with Gasteiger partial charge in [-0.05, 0) is 26.0 Å². The lowest BCUT2D eigenvalue weighted by atomic mass is 10.1. The highest BCUT2D eigenvalue weighted by molar-refractivity contribution is 7.10. The summed E-state index contributed by atoms with van der Waals surface area (Å²) in [5.41, 5.74) is 1.17. The molecule has 104 valence electrons. The molecule has 2 rings (SSSR count). The van der Waals surface area contributed by atoms with Crippen molar-refractivity contribution in [2.75, 3.05) is 13.7 Å². The van der Waals surface area contributed by atoms with Crippen molar-refractivity contribution in [2.24, 2.45) is 0 Å². The van der Waals surface area contributed by atoms with Crippen LogP contribution in [0.2, 0.25) is 0 Å². The summed E-state index contributed by atoms with van der Waals surface area (Å²) in [6, 6.07) is 2.45. The van der Waals surface area contributed by atoms with Crippen LogP contribution in [0.5, 0.6) is 5.75 Å². The Balaban J connectivity index is 2.10. The van der Waals surface area contributed by atoms with Crippen LogP contribution in [0.1, 0.15) is 35.0 Å². The Hall–Kier alpha value is -0.910. The number of thiophene rings is 1. The molecule has 2 aromatic heterocycles. The Labute approximate surface area is 122 Å². The predicted octanol–water partition coefficient (Wildman–Crippen LogP) is 3.81. The van der Waals surface area contributed by atoms with E-state index in [0.717, 1.165) is 30.1 Å². The highest BCUT2D eigenvalue weighted by Gasteiger charge is 2.15. The normalized spacial score (nSPS) is 12.6. The number of nitrogens with one attached hydrogen (secondary N) is 1. The number of thiazole rings is 1. The van der Waals surface area contributed by atoms with Crippen molar-refractivity contribution < 1.29 is 4.74 Å². The Morgan fingerprint density at radius 3 is 2.79 bits per heavy atom. The van der Waals surface area contributed by atoms with Crippen molar-refractivity contribution in [3.63, 3.8) is 0 Å². The predicted molar refractivity (Wildman–Crippen MR) is 82.5 cm³/mol. The van der Waals surface area contributed by atoms with E-state index in [4.69, 9.17) is 4.74 Å². The molecule has 0 aromatic carbocycles. The molecule has 1 atom stereocenters. The minimum absolute atomic E-state index is 0.329. The van der Waals surface area contributed by atoms with Gasteiger partial charge in [0, 0.05) is 28.1 Å². The summed E-state index contributed by atoms with van der Waals surface area (Å²) in [7, 11) is 1.71. The summed E-state index contributed by atoms with van der Waals surface area (Å²) in [5.74, 6) is 0.942. The highest BCUT2D eigenvalue weighted by Crippen LogP contribution is 2.29.